The molecule has 5 rings (SSSR count). The summed E-state index contributed by atoms with van der Waals surface area (Å²) in [6.07, 6.45) is 7.69. The van der Waals surface area contributed by atoms with Crippen LogP contribution in [0.1, 0.15) is 97.2 Å². The van der Waals surface area contributed by atoms with Crippen molar-refractivity contribution in [2.24, 2.45) is 0 Å². The maximum atomic E-state index is 13.9. The van der Waals surface area contributed by atoms with E-state index in [9.17, 15) is 9.59 Å². The number of carbonyl (C=O) groups is 1. The number of ether oxygens (including phenoxy) is 1. The fraction of sp³-hybridized carbons (Fsp3) is 0.528. The fourth-order valence-electron chi connectivity index (χ4n) is 6.76. The van der Waals surface area contributed by atoms with Crippen LogP contribution in [0.15, 0.2) is 41.3 Å². The Kier molecular flexibility index (Phi) is 10.5. The van der Waals surface area contributed by atoms with Crippen LogP contribution in [0.25, 0.3) is 11.1 Å². The number of aryl methyl sites for hydroxylation is 1. The Morgan fingerprint density at radius 3 is 2.50 bits per heavy atom. The average molecular weight is 600 g/mol. The van der Waals surface area contributed by atoms with Gasteiger partial charge in [0.15, 0.2) is 0 Å². The van der Waals surface area contributed by atoms with E-state index in [4.69, 9.17) is 9.72 Å². The molecule has 2 fully saturated rings. The number of hydrogen-bond acceptors (Lipinski definition) is 6. The third-order valence-electron chi connectivity index (χ3n) is 9.25. The highest BCUT2D eigenvalue weighted by atomic mass is 16.5. The molecule has 2 aromatic heterocycles. The molecule has 0 unspecified atom stereocenters. The molecule has 0 atom stereocenters. The molecule has 2 N–H and O–H groups in total. The minimum Gasteiger partial charge on any atom is -0.381 e. The second-order valence-corrected chi connectivity index (χ2v) is 12.7. The summed E-state index contributed by atoms with van der Waals surface area (Å²) < 4.78 is 5.67. The summed E-state index contributed by atoms with van der Waals surface area (Å²) in [4.78, 5) is 39.5. The predicted molar refractivity (Wildman–Crippen MR) is 177 cm³/mol. The molecule has 0 spiro atoms. The Labute approximate surface area is 262 Å². The number of piperidine rings is 1. The Bertz CT molecular complexity index is 1480. The van der Waals surface area contributed by atoms with E-state index in [1.54, 1.807) is 0 Å². The van der Waals surface area contributed by atoms with Crippen molar-refractivity contribution in [3.8, 4) is 11.1 Å². The lowest BCUT2D eigenvalue weighted by Gasteiger charge is -2.37. The molecule has 1 aromatic carbocycles. The molecule has 0 radical (unpaired) electrons. The summed E-state index contributed by atoms with van der Waals surface area (Å²) in [6, 6.07) is 10.8. The van der Waals surface area contributed by atoms with Gasteiger partial charge in [0.25, 0.3) is 11.5 Å². The minimum atomic E-state index is -0.182. The van der Waals surface area contributed by atoms with Crippen LogP contribution >= 0.6 is 0 Å². The quantitative estimate of drug-likeness (QED) is 0.293. The number of rotatable bonds is 10. The number of likely N-dealkylation sites (tertiary alicyclic amines) is 1. The molecular weight excluding hydrogens is 550 g/mol. The first-order chi connectivity index (χ1) is 21.2. The normalized spacial score (nSPS) is 16.3. The molecule has 3 aromatic rings. The van der Waals surface area contributed by atoms with E-state index in [0.29, 0.717) is 17.2 Å². The molecule has 8 nitrogen and oxygen atoms in total. The molecule has 8 heteroatoms. The molecule has 236 valence electrons. The third-order valence-corrected chi connectivity index (χ3v) is 9.25. The van der Waals surface area contributed by atoms with Crippen LogP contribution < -0.4 is 15.8 Å². The molecule has 2 saturated heterocycles. The standard InChI is InChI=1S/C36H49N5O3/c1-6-41(30-12-16-44-17-13-30)34-20-28(27-10-11-29(37-21-27)23-40-14-8-7-9-15-40)19-32(26(34)5)35(42)38-22-33-31(24(2)3)18-25(4)39-36(33)43/h10-11,18-21,24,30H,6-9,12-17,22-23H2,1-5H3,(H,38,42)(H,39,43). The van der Waals surface area contributed by atoms with Gasteiger partial charge in [-0.2, -0.15) is 0 Å². The van der Waals surface area contributed by atoms with Crippen molar-refractivity contribution in [3.63, 3.8) is 0 Å². The first kappa shape index (κ1) is 31.9. The van der Waals surface area contributed by atoms with Gasteiger partial charge in [0.05, 0.1) is 5.69 Å². The number of pyridine rings is 2. The zero-order valence-electron chi connectivity index (χ0n) is 27.2. The first-order valence-corrected chi connectivity index (χ1v) is 16.4. The summed E-state index contributed by atoms with van der Waals surface area (Å²) >= 11 is 0. The predicted octanol–water partition coefficient (Wildman–Crippen LogP) is 6.10. The van der Waals surface area contributed by atoms with Crippen LogP contribution in [0.4, 0.5) is 5.69 Å². The number of amides is 1. The Balaban J connectivity index is 1.47. The van der Waals surface area contributed by atoms with Gasteiger partial charge in [-0.3, -0.25) is 19.5 Å². The van der Waals surface area contributed by atoms with E-state index in [1.165, 1.54) is 19.3 Å². The number of benzene rings is 1. The Morgan fingerprint density at radius 1 is 1.09 bits per heavy atom. The number of aromatic amines is 1. The monoisotopic (exact) mass is 599 g/mol. The second kappa shape index (κ2) is 14.5. The number of hydrogen-bond donors (Lipinski definition) is 2. The van der Waals surface area contributed by atoms with Crippen LogP contribution in [-0.2, 0) is 17.8 Å². The highest BCUT2D eigenvalue weighted by Gasteiger charge is 2.25. The van der Waals surface area contributed by atoms with Crippen molar-refractivity contribution in [2.75, 3.05) is 37.7 Å². The van der Waals surface area contributed by atoms with Crippen LogP contribution in [-0.4, -0.2) is 59.7 Å². The summed E-state index contributed by atoms with van der Waals surface area (Å²) in [5.74, 6) is -0.0134. The summed E-state index contributed by atoms with van der Waals surface area (Å²) in [5, 5.41) is 3.09. The van der Waals surface area contributed by atoms with Gasteiger partial charge in [-0.05, 0) is 106 Å². The Hall–Kier alpha value is -3.49. The number of aromatic nitrogens is 2. The third kappa shape index (κ3) is 7.41. The molecule has 2 aliphatic heterocycles. The van der Waals surface area contributed by atoms with E-state index < -0.39 is 0 Å². The topological polar surface area (TPSA) is 90.6 Å². The van der Waals surface area contributed by atoms with E-state index in [2.05, 4.69) is 59.1 Å². The molecule has 0 saturated carbocycles. The Morgan fingerprint density at radius 2 is 1.84 bits per heavy atom. The van der Waals surface area contributed by atoms with E-state index in [-0.39, 0.29) is 23.9 Å². The lowest BCUT2D eigenvalue weighted by molar-refractivity contribution is 0.0846. The maximum absolute atomic E-state index is 13.9. The van der Waals surface area contributed by atoms with Crippen LogP contribution in [0.3, 0.4) is 0 Å². The molecule has 1 amide bonds. The molecule has 0 bridgehead atoms. The SMILES string of the molecule is CCN(c1cc(-c2ccc(CN3CCCCC3)nc2)cc(C(=O)NCc2c(C(C)C)cc(C)[nH]c2=O)c1C)C1CCOCC1. The zero-order chi connectivity index (χ0) is 31.2. The minimum absolute atomic E-state index is 0.146. The summed E-state index contributed by atoms with van der Waals surface area (Å²) in [7, 11) is 0. The second-order valence-electron chi connectivity index (χ2n) is 12.7. The number of carbonyl (C=O) groups excluding carboxylic acids is 1. The van der Waals surface area contributed by atoms with Gasteiger partial charge in [0.1, 0.15) is 0 Å². The number of H-pyrrole nitrogens is 1. The van der Waals surface area contributed by atoms with Gasteiger partial charge in [-0.15, -0.1) is 0 Å². The highest BCUT2D eigenvalue weighted by molar-refractivity contribution is 5.99. The lowest BCUT2D eigenvalue weighted by Crippen LogP contribution is -2.40. The fourth-order valence-corrected chi connectivity index (χ4v) is 6.76. The van der Waals surface area contributed by atoms with Crippen molar-refractivity contribution in [3.05, 3.63) is 80.5 Å². The number of nitrogens with one attached hydrogen (secondary N) is 2. The maximum Gasteiger partial charge on any atom is 0.253 e. The largest absolute Gasteiger partial charge is 0.381 e. The van der Waals surface area contributed by atoms with Crippen LogP contribution in [0.2, 0.25) is 0 Å². The number of nitrogens with zero attached hydrogens (tertiary/aromatic N) is 3. The van der Waals surface area contributed by atoms with Gasteiger partial charge in [-0.1, -0.05) is 26.3 Å². The zero-order valence-corrected chi connectivity index (χ0v) is 27.2. The molecule has 0 aliphatic carbocycles. The lowest BCUT2D eigenvalue weighted by atomic mass is 9.95. The van der Waals surface area contributed by atoms with Gasteiger partial charge in [-0.25, -0.2) is 0 Å². The van der Waals surface area contributed by atoms with Crippen molar-refractivity contribution >= 4 is 11.6 Å². The van der Waals surface area contributed by atoms with Crippen molar-refractivity contribution in [2.45, 2.75) is 91.8 Å². The molecular formula is C36H49N5O3. The van der Waals surface area contributed by atoms with Gasteiger partial charge >= 0.3 is 0 Å². The van der Waals surface area contributed by atoms with Gasteiger partial charge in [0.2, 0.25) is 0 Å². The van der Waals surface area contributed by atoms with Gasteiger partial charge < -0.3 is 19.9 Å². The molecule has 2 aliphatic rings. The van der Waals surface area contributed by atoms with Crippen molar-refractivity contribution in [1.29, 1.82) is 0 Å². The molecule has 4 heterocycles. The number of anilines is 1. The van der Waals surface area contributed by atoms with E-state index in [0.717, 1.165) is 91.6 Å². The van der Waals surface area contributed by atoms with E-state index >= 15 is 0 Å². The van der Waals surface area contributed by atoms with Crippen molar-refractivity contribution < 1.29 is 9.53 Å². The highest BCUT2D eigenvalue weighted by Crippen LogP contribution is 2.34. The summed E-state index contributed by atoms with van der Waals surface area (Å²) in [6.45, 7) is 15.9. The van der Waals surface area contributed by atoms with Gasteiger partial charge in [0, 0.05) is 73.2 Å². The van der Waals surface area contributed by atoms with E-state index in [1.807, 2.05) is 32.2 Å². The van der Waals surface area contributed by atoms with Crippen LogP contribution in [0.5, 0.6) is 0 Å². The summed E-state index contributed by atoms with van der Waals surface area (Å²) in [5.41, 5.74) is 7.91. The van der Waals surface area contributed by atoms with Crippen molar-refractivity contribution in [1.82, 2.24) is 20.2 Å². The van der Waals surface area contributed by atoms with Crippen LogP contribution in [0, 0.1) is 13.8 Å². The average Bonchev–Trinajstić information content (AvgIpc) is 3.02. The molecule has 44 heavy (non-hydrogen) atoms. The smallest absolute Gasteiger partial charge is 0.253 e. The first-order valence-electron chi connectivity index (χ1n) is 16.4.